The number of carbonyl (C=O) groups excluding carboxylic acids is 1. The van der Waals surface area contributed by atoms with Crippen LogP contribution in [0.2, 0.25) is 0 Å². The zero-order valence-electron chi connectivity index (χ0n) is 12.1. The van der Waals surface area contributed by atoms with Crippen LogP contribution in [0.15, 0.2) is 41.5 Å². The van der Waals surface area contributed by atoms with E-state index in [2.05, 4.69) is 10.3 Å². The molecule has 0 atom stereocenters. The van der Waals surface area contributed by atoms with Gasteiger partial charge in [0.05, 0.1) is 6.34 Å². The van der Waals surface area contributed by atoms with Crippen molar-refractivity contribution in [2.75, 3.05) is 12.4 Å². The molecule has 0 aliphatic carbocycles. The number of nitrogens with one attached hydrogen (secondary N) is 1. The normalized spacial score (nSPS) is 10.1. The van der Waals surface area contributed by atoms with Crippen molar-refractivity contribution in [3.8, 4) is 0 Å². The summed E-state index contributed by atoms with van der Waals surface area (Å²) in [5.74, 6) is 0. The Morgan fingerprint density at radius 2 is 2.11 bits per heavy atom. The lowest BCUT2D eigenvalue weighted by molar-refractivity contribution is -0.105. The van der Waals surface area contributed by atoms with Crippen LogP contribution >= 0.6 is 0 Å². The molecule has 19 heavy (non-hydrogen) atoms. The highest BCUT2D eigenvalue weighted by molar-refractivity contribution is 5.71. The maximum atomic E-state index is 10.4. The molecule has 1 rings (SSSR count). The van der Waals surface area contributed by atoms with Crippen molar-refractivity contribution >= 4 is 18.4 Å². The number of amides is 1. The van der Waals surface area contributed by atoms with Gasteiger partial charge in [0, 0.05) is 25.5 Å². The number of benzene rings is 1. The minimum absolute atomic E-state index is 0.677. The molecule has 0 saturated carbocycles. The van der Waals surface area contributed by atoms with E-state index in [0.717, 1.165) is 17.8 Å². The number of allylic oxidation sites excluding steroid dienone is 1. The van der Waals surface area contributed by atoms with Crippen LogP contribution in [0.3, 0.4) is 0 Å². The van der Waals surface area contributed by atoms with Gasteiger partial charge in [0.2, 0.25) is 6.41 Å². The van der Waals surface area contributed by atoms with Crippen molar-refractivity contribution in [3.05, 3.63) is 42.1 Å². The first-order valence-electron chi connectivity index (χ1n) is 6.40. The van der Waals surface area contributed by atoms with Crippen LogP contribution in [0, 0.1) is 0 Å². The highest BCUT2D eigenvalue weighted by Crippen LogP contribution is 2.11. The van der Waals surface area contributed by atoms with Crippen molar-refractivity contribution in [1.29, 1.82) is 0 Å². The molecule has 0 aliphatic heterocycles. The summed E-state index contributed by atoms with van der Waals surface area (Å²) in [4.78, 5) is 16.3. The van der Waals surface area contributed by atoms with Crippen molar-refractivity contribution in [2.24, 2.45) is 4.99 Å². The largest absolute Gasteiger partial charge is 0.335 e. The second-order valence-corrected chi connectivity index (χ2v) is 3.49. The van der Waals surface area contributed by atoms with E-state index in [1.165, 1.54) is 0 Å². The molecule has 0 spiro atoms. The highest BCUT2D eigenvalue weighted by atomic mass is 16.1. The summed E-state index contributed by atoms with van der Waals surface area (Å²) in [6, 6.07) is 7.72. The fourth-order valence-corrected chi connectivity index (χ4v) is 1.51. The predicted molar refractivity (Wildman–Crippen MR) is 82.2 cm³/mol. The molecule has 1 aromatic rings. The van der Waals surface area contributed by atoms with Crippen molar-refractivity contribution in [2.45, 2.75) is 27.3 Å². The van der Waals surface area contributed by atoms with Gasteiger partial charge in [-0.1, -0.05) is 32.1 Å². The van der Waals surface area contributed by atoms with Crippen LogP contribution in [0.1, 0.15) is 26.3 Å². The zero-order valence-corrected chi connectivity index (χ0v) is 12.1. The fraction of sp³-hybridized carbons (Fsp3) is 0.333. The van der Waals surface area contributed by atoms with Crippen LogP contribution in [0.4, 0.5) is 5.69 Å². The van der Waals surface area contributed by atoms with E-state index in [4.69, 9.17) is 0 Å². The SMILES string of the molecule is C/C=C/N(C=NC)Cc1cccc(NC=O)c1.CC. The summed E-state index contributed by atoms with van der Waals surface area (Å²) in [5.41, 5.74) is 1.90. The number of nitrogens with zero attached hydrogens (tertiary/aromatic N) is 2. The molecular formula is C15H23N3O. The summed E-state index contributed by atoms with van der Waals surface area (Å²) in [6.45, 7) is 6.68. The smallest absolute Gasteiger partial charge is 0.211 e. The third kappa shape index (κ3) is 7.03. The van der Waals surface area contributed by atoms with E-state index in [1.54, 1.807) is 13.4 Å². The molecule has 0 unspecified atom stereocenters. The quantitative estimate of drug-likeness (QED) is 0.485. The highest BCUT2D eigenvalue weighted by Gasteiger charge is 1.99. The Balaban J connectivity index is 0.00000154. The van der Waals surface area contributed by atoms with Gasteiger partial charge in [-0.2, -0.15) is 0 Å². The van der Waals surface area contributed by atoms with Gasteiger partial charge in [-0.15, -0.1) is 0 Å². The molecule has 0 radical (unpaired) electrons. The topological polar surface area (TPSA) is 44.7 Å². The van der Waals surface area contributed by atoms with Crippen LogP contribution in [-0.4, -0.2) is 24.7 Å². The van der Waals surface area contributed by atoms with E-state index in [0.29, 0.717) is 6.41 Å². The molecule has 0 aromatic heterocycles. The third-order valence-corrected chi connectivity index (χ3v) is 2.12. The van der Waals surface area contributed by atoms with Crippen LogP contribution < -0.4 is 5.32 Å². The van der Waals surface area contributed by atoms with Gasteiger partial charge in [0.15, 0.2) is 0 Å². The summed E-state index contributed by atoms with van der Waals surface area (Å²) in [5, 5.41) is 2.63. The molecule has 0 bridgehead atoms. The summed E-state index contributed by atoms with van der Waals surface area (Å²) in [6.07, 6.45) is 6.35. The number of rotatable bonds is 6. The van der Waals surface area contributed by atoms with Crippen molar-refractivity contribution in [1.82, 2.24) is 4.90 Å². The Morgan fingerprint density at radius 3 is 2.68 bits per heavy atom. The van der Waals surface area contributed by atoms with E-state index >= 15 is 0 Å². The van der Waals surface area contributed by atoms with E-state index in [9.17, 15) is 4.79 Å². The molecule has 0 aliphatic rings. The Hall–Kier alpha value is -2.10. The minimum atomic E-state index is 0.677. The average molecular weight is 261 g/mol. The number of anilines is 1. The number of aliphatic imine (C=N–C) groups is 1. The first kappa shape index (κ1) is 16.9. The van der Waals surface area contributed by atoms with Crippen LogP contribution in [0.5, 0.6) is 0 Å². The molecule has 1 N–H and O–H groups in total. The molecule has 104 valence electrons. The minimum Gasteiger partial charge on any atom is -0.335 e. The number of hydrogen-bond donors (Lipinski definition) is 1. The van der Waals surface area contributed by atoms with Gasteiger partial charge in [0.1, 0.15) is 0 Å². The summed E-state index contributed by atoms with van der Waals surface area (Å²) >= 11 is 0. The average Bonchev–Trinajstić information content (AvgIpc) is 2.42. The molecule has 0 heterocycles. The van der Waals surface area contributed by atoms with Crippen LogP contribution in [-0.2, 0) is 11.3 Å². The molecule has 4 nitrogen and oxygen atoms in total. The number of hydrogen-bond acceptors (Lipinski definition) is 2. The Labute approximate surface area is 115 Å². The number of carbonyl (C=O) groups is 1. The predicted octanol–water partition coefficient (Wildman–Crippen LogP) is 3.27. The fourth-order valence-electron chi connectivity index (χ4n) is 1.51. The Bertz CT molecular complexity index is 402. The second kappa shape index (κ2) is 11.0. The summed E-state index contributed by atoms with van der Waals surface area (Å²) < 4.78 is 0. The standard InChI is InChI=1S/C13H17N3O.C2H6/c1-3-7-16(10-14-2)9-12-5-4-6-13(8-12)15-11-17;1-2/h3-8,10-11H,9H2,1-2H3,(H,15,17);1-2H3/b7-3+,14-10?;. The van der Waals surface area contributed by atoms with Gasteiger partial charge < -0.3 is 10.2 Å². The lowest BCUT2D eigenvalue weighted by Crippen LogP contribution is -2.14. The summed E-state index contributed by atoms with van der Waals surface area (Å²) in [7, 11) is 1.74. The van der Waals surface area contributed by atoms with E-state index < -0.39 is 0 Å². The molecule has 4 heteroatoms. The van der Waals surface area contributed by atoms with Gasteiger partial charge >= 0.3 is 0 Å². The van der Waals surface area contributed by atoms with E-state index in [1.807, 2.05) is 62.2 Å². The lowest BCUT2D eigenvalue weighted by Gasteiger charge is -2.14. The maximum absolute atomic E-state index is 10.4. The Morgan fingerprint density at radius 1 is 1.37 bits per heavy atom. The van der Waals surface area contributed by atoms with Gasteiger partial charge in [0.25, 0.3) is 0 Å². The molecule has 1 amide bonds. The molecular weight excluding hydrogens is 238 g/mol. The van der Waals surface area contributed by atoms with Crippen molar-refractivity contribution < 1.29 is 4.79 Å². The zero-order chi connectivity index (χ0) is 14.5. The first-order valence-corrected chi connectivity index (χ1v) is 6.40. The Kier molecular flexibility index (Phi) is 9.80. The van der Waals surface area contributed by atoms with Gasteiger partial charge in [-0.3, -0.25) is 9.79 Å². The third-order valence-electron chi connectivity index (χ3n) is 2.12. The first-order chi connectivity index (χ1) is 9.30. The lowest BCUT2D eigenvalue weighted by atomic mass is 10.2. The van der Waals surface area contributed by atoms with E-state index in [-0.39, 0.29) is 0 Å². The van der Waals surface area contributed by atoms with Crippen LogP contribution in [0.25, 0.3) is 0 Å². The van der Waals surface area contributed by atoms with Gasteiger partial charge in [-0.25, -0.2) is 0 Å². The molecule has 1 aromatic carbocycles. The van der Waals surface area contributed by atoms with Gasteiger partial charge in [-0.05, 0) is 24.6 Å². The molecule has 0 saturated heterocycles. The second-order valence-electron chi connectivity index (χ2n) is 3.49. The maximum Gasteiger partial charge on any atom is 0.211 e. The molecule has 0 fully saturated rings. The monoisotopic (exact) mass is 261 g/mol. The van der Waals surface area contributed by atoms with Crippen molar-refractivity contribution in [3.63, 3.8) is 0 Å².